The summed E-state index contributed by atoms with van der Waals surface area (Å²) in [6, 6.07) is 1.62. The van der Waals surface area contributed by atoms with Gasteiger partial charge in [0, 0.05) is 17.3 Å². The number of carbonyl (C=O) groups is 1. The molecule has 1 rings (SSSR count). The standard InChI is InChI=1S/C10H11N3O2/c11-9(15)3-1-2-7-4-8(6-14)10(12)13-5-7/h4-5,14H,3,6H2,(H2,11,15)(H2,12,13). The van der Waals surface area contributed by atoms with E-state index in [4.69, 9.17) is 16.6 Å². The van der Waals surface area contributed by atoms with Crippen molar-refractivity contribution in [3.05, 3.63) is 23.4 Å². The fraction of sp³-hybridized carbons (Fsp3) is 0.200. The van der Waals surface area contributed by atoms with Crippen LogP contribution in [0, 0.1) is 11.8 Å². The SMILES string of the molecule is NC(=O)CC#Cc1cnc(N)c(CO)c1. The molecule has 0 unspecified atom stereocenters. The van der Waals surface area contributed by atoms with Crippen molar-refractivity contribution >= 4 is 11.7 Å². The Bertz CT molecular complexity index is 432. The van der Waals surface area contributed by atoms with Gasteiger partial charge in [-0.3, -0.25) is 4.79 Å². The Kier molecular flexibility index (Phi) is 3.66. The topological polar surface area (TPSA) is 102 Å². The smallest absolute Gasteiger partial charge is 0.229 e. The van der Waals surface area contributed by atoms with Gasteiger partial charge in [0.15, 0.2) is 0 Å². The number of rotatable bonds is 2. The van der Waals surface area contributed by atoms with E-state index in [9.17, 15) is 4.79 Å². The predicted molar refractivity (Wildman–Crippen MR) is 55.3 cm³/mol. The Morgan fingerprint density at radius 2 is 2.33 bits per heavy atom. The van der Waals surface area contributed by atoms with Gasteiger partial charge < -0.3 is 16.6 Å². The molecule has 0 saturated heterocycles. The lowest BCUT2D eigenvalue weighted by atomic mass is 10.2. The fourth-order valence-corrected chi connectivity index (χ4v) is 0.949. The Hall–Kier alpha value is -2.06. The van der Waals surface area contributed by atoms with Gasteiger partial charge in [0.25, 0.3) is 0 Å². The largest absolute Gasteiger partial charge is 0.392 e. The maximum atomic E-state index is 10.4. The summed E-state index contributed by atoms with van der Waals surface area (Å²) in [7, 11) is 0. The molecule has 15 heavy (non-hydrogen) atoms. The number of carbonyl (C=O) groups excluding carboxylic acids is 1. The number of aliphatic hydroxyl groups is 1. The quantitative estimate of drug-likeness (QED) is 0.560. The highest BCUT2D eigenvalue weighted by atomic mass is 16.3. The number of pyridine rings is 1. The number of amides is 1. The van der Waals surface area contributed by atoms with Crippen LogP contribution >= 0.6 is 0 Å². The molecule has 1 aromatic rings. The van der Waals surface area contributed by atoms with Crippen LogP contribution in [0.1, 0.15) is 17.5 Å². The highest BCUT2D eigenvalue weighted by molar-refractivity contribution is 5.76. The maximum absolute atomic E-state index is 10.4. The van der Waals surface area contributed by atoms with Crippen LogP contribution in [0.15, 0.2) is 12.3 Å². The van der Waals surface area contributed by atoms with E-state index in [2.05, 4.69) is 16.8 Å². The van der Waals surface area contributed by atoms with Gasteiger partial charge in [-0.1, -0.05) is 11.8 Å². The molecule has 5 heteroatoms. The summed E-state index contributed by atoms with van der Waals surface area (Å²) in [6.45, 7) is -0.190. The number of hydrogen-bond donors (Lipinski definition) is 3. The minimum atomic E-state index is -0.478. The normalized spacial score (nSPS) is 9.13. The molecule has 0 aliphatic rings. The Morgan fingerprint density at radius 3 is 2.93 bits per heavy atom. The van der Waals surface area contributed by atoms with Crippen molar-refractivity contribution in [1.29, 1.82) is 0 Å². The molecule has 0 radical (unpaired) electrons. The molecule has 1 aromatic heterocycles. The number of aliphatic hydroxyl groups excluding tert-OH is 1. The first-order valence-corrected chi connectivity index (χ1v) is 4.26. The number of anilines is 1. The molecule has 78 valence electrons. The number of nitrogens with two attached hydrogens (primary N) is 2. The Labute approximate surface area is 87.1 Å². The van der Waals surface area contributed by atoms with Crippen LogP contribution in [0.4, 0.5) is 5.82 Å². The monoisotopic (exact) mass is 205 g/mol. The number of aromatic nitrogens is 1. The molecule has 1 amide bonds. The van der Waals surface area contributed by atoms with E-state index in [0.717, 1.165) is 0 Å². The third-order valence-corrected chi connectivity index (χ3v) is 1.67. The molecule has 0 fully saturated rings. The number of nitrogen functional groups attached to an aromatic ring is 1. The number of hydrogen-bond acceptors (Lipinski definition) is 4. The Balaban J connectivity index is 2.85. The zero-order valence-corrected chi connectivity index (χ0v) is 8.03. The summed E-state index contributed by atoms with van der Waals surface area (Å²) in [5, 5.41) is 8.91. The van der Waals surface area contributed by atoms with Crippen molar-refractivity contribution in [2.75, 3.05) is 5.73 Å². The summed E-state index contributed by atoms with van der Waals surface area (Å²) in [5.41, 5.74) is 11.5. The molecule has 0 bridgehead atoms. The van der Waals surface area contributed by atoms with Crippen LogP contribution in [0.25, 0.3) is 0 Å². The first kappa shape index (κ1) is 11.0. The van der Waals surface area contributed by atoms with E-state index in [-0.39, 0.29) is 18.8 Å². The van der Waals surface area contributed by atoms with Crippen LogP contribution in [0.3, 0.4) is 0 Å². The maximum Gasteiger partial charge on any atom is 0.229 e. The van der Waals surface area contributed by atoms with Crippen LogP contribution in [-0.4, -0.2) is 16.0 Å². The average molecular weight is 205 g/mol. The summed E-state index contributed by atoms with van der Waals surface area (Å²) < 4.78 is 0. The molecule has 0 saturated carbocycles. The average Bonchev–Trinajstić information content (AvgIpc) is 2.20. The highest BCUT2D eigenvalue weighted by Crippen LogP contribution is 2.09. The van der Waals surface area contributed by atoms with Crippen LogP contribution in [0.5, 0.6) is 0 Å². The molecular formula is C10H11N3O2. The molecule has 0 aliphatic heterocycles. The van der Waals surface area contributed by atoms with Gasteiger partial charge in [-0.25, -0.2) is 4.98 Å². The minimum Gasteiger partial charge on any atom is -0.392 e. The van der Waals surface area contributed by atoms with E-state index in [1.54, 1.807) is 6.07 Å². The zero-order chi connectivity index (χ0) is 11.3. The predicted octanol–water partition coefficient (Wildman–Crippen LogP) is -0.617. The van der Waals surface area contributed by atoms with Crippen molar-refractivity contribution in [3.8, 4) is 11.8 Å². The van der Waals surface area contributed by atoms with E-state index in [1.165, 1.54) is 6.20 Å². The molecule has 0 aliphatic carbocycles. The van der Waals surface area contributed by atoms with Crippen molar-refractivity contribution in [2.45, 2.75) is 13.0 Å². The van der Waals surface area contributed by atoms with Gasteiger partial charge in [0.2, 0.25) is 5.91 Å². The summed E-state index contributed by atoms with van der Waals surface area (Å²) in [4.78, 5) is 14.3. The molecule has 0 spiro atoms. The van der Waals surface area contributed by atoms with Crippen molar-refractivity contribution in [3.63, 3.8) is 0 Å². The minimum absolute atomic E-state index is 0.00116. The van der Waals surface area contributed by atoms with Gasteiger partial charge in [-0.05, 0) is 6.07 Å². The summed E-state index contributed by atoms with van der Waals surface area (Å²) >= 11 is 0. The van der Waals surface area contributed by atoms with Crippen LogP contribution in [-0.2, 0) is 11.4 Å². The second-order valence-electron chi connectivity index (χ2n) is 2.87. The van der Waals surface area contributed by atoms with Crippen molar-refractivity contribution in [2.24, 2.45) is 5.73 Å². The zero-order valence-electron chi connectivity index (χ0n) is 8.03. The third-order valence-electron chi connectivity index (χ3n) is 1.67. The first-order valence-electron chi connectivity index (χ1n) is 4.26. The fourth-order valence-electron chi connectivity index (χ4n) is 0.949. The highest BCUT2D eigenvalue weighted by Gasteiger charge is 1.99. The molecular weight excluding hydrogens is 194 g/mol. The molecule has 1 heterocycles. The van der Waals surface area contributed by atoms with Crippen LogP contribution < -0.4 is 11.5 Å². The number of nitrogens with zero attached hydrogens (tertiary/aromatic N) is 1. The molecule has 5 nitrogen and oxygen atoms in total. The molecule has 0 atom stereocenters. The second-order valence-corrected chi connectivity index (χ2v) is 2.87. The van der Waals surface area contributed by atoms with Crippen molar-refractivity contribution < 1.29 is 9.90 Å². The molecule has 5 N–H and O–H groups in total. The lowest BCUT2D eigenvalue weighted by Gasteiger charge is -2.00. The van der Waals surface area contributed by atoms with E-state index in [1.807, 2.05) is 0 Å². The summed E-state index contributed by atoms with van der Waals surface area (Å²) in [5.74, 6) is 5.08. The van der Waals surface area contributed by atoms with Crippen LogP contribution in [0.2, 0.25) is 0 Å². The van der Waals surface area contributed by atoms with Gasteiger partial charge in [0.05, 0.1) is 13.0 Å². The lowest BCUT2D eigenvalue weighted by Crippen LogP contribution is -2.08. The van der Waals surface area contributed by atoms with Crippen molar-refractivity contribution in [1.82, 2.24) is 4.98 Å². The van der Waals surface area contributed by atoms with Gasteiger partial charge in [-0.15, -0.1) is 0 Å². The van der Waals surface area contributed by atoms with Gasteiger partial charge >= 0.3 is 0 Å². The second kappa shape index (κ2) is 4.98. The van der Waals surface area contributed by atoms with E-state index < -0.39 is 5.91 Å². The summed E-state index contributed by atoms with van der Waals surface area (Å²) in [6.07, 6.45) is 1.47. The van der Waals surface area contributed by atoms with Gasteiger partial charge in [0.1, 0.15) is 5.82 Å². The molecule has 0 aromatic carbocycles. The van der Waals surface area contributed by atoms with E-state index >= 15 is 0 Å². The lowest BCUT2D eigenvalue weighted by molar-refractivity contribution is -0.117. The van der Waals surface area contributed by atoms with Gasteiger partial charge in [-0.2, -0.15) is 0 Å². The van der Waals surface area contributed by atoms with E-state index in [0.29, 0.717) is 11.1 Å². The first-order chi connectivity index (χ1) is 7.13. The number of primary amides is 1. The third kappa shape index (κ3) is 3.29. The Morgan fingerprint density at radius 1 is 1.60 bits per heavy atom.